The molecule has 4 heteroatoms. The molecule has 1 aliphatic rings. The van der Waals surface area contributed by atoms with E-state index in [9.17, 15) is 10.1 Å². The lowest BCUT2D eigenvalue weighted by Gasteiger charge is -2.29. The molecule has 0 unspecified atom stereocenters. The van der Waals surface area contributed by atoms with Crippen LogP contribution in [0, 0.1) is 16.7 Å². The molecule has 0 spiro atoms. The van der Waals surface area contributed by atoms with Gasteiger partial charge in [-0.05, 0) is 26.7 Å². The van der Waals surface area contributed by atoms with Gasteiger partial charge in [0.15, 0.2) is 0 Å². The minimum Gasteiger partial charge on any atom is -0.377 e. The number of nitriles is 1. The van der Waals surface area contributed by atoms with Crippen molar-refractivity contribution in [3.63, 3.8) is 0 Å². The number of likely N-dealkylation sites (N-methyl/N-ethyl adjacent to an activating group) is 1. The zero-order valence-corrected chi connectivity index (χ0v) is 12.4. The maximum absolute atomic E-state index is 12.5. The largest absolute Gasteiger partial charge is 0.377 e. The molecule has 1 rings (SSSR count). The van der Waals surface area contributed by atoms with Gasteiger partial charge in [-0.3, -0.25) is 4.79 Å². The first kappa shape index (κ1) is 16.0. The number of carbonyl (C=O) groups excluding carboxylic acids is 1. The minimum atomic E-state index is -0.789. The molecule has 0 radical (unpaired) electrons. The van der Waals surface area contributed by atoms with Crippen molar-refractivity contribution < 1.29 is 9.53 Å². The van der Waals surface area contributed by atoms with Crippen LogP contribution in [0.3, 0.4) is 0 Å². The van der Waals surface area contributed by atoms with E-state index in [-0.39, 0.29) is 12.0 Å². The SMILES string of the molecule is CC(C)OCCN(C)C(=O)C1(C#N)CCCCCC1. The van der Waals surface area contributed by atoms with Gasteiger partial charge < -0.3 is 9.64 Å². The van der Waals surface area contributed by atoms with Crippen LogP contribution in [0.15, 0.2) is 0 Å². The lowest BCUT2D eigenvalue weighted by atomic mass is 9.80. The Labute approximate surface area is 116 Å². The van der Waals surface area contributed by atoms with Crippen LogP contribution in [-0.2, 0) is 9.53 Å². The van der Waals surface area contributed by atoms with Crippen molar-refractivity contribution >= 4 is 5.91 Å². The zero-order chi connectivity index (χ0) is 14.3. The summed E-state index contributed by atoms with van der Waals surface area (Å²) in [7, 11) is 1.77. The highest BCUT2D eigenvalue weighted by molar-refractivity contribution is 5.85. The summed E-state index contributed by atoms with van der Waals surface area (Å²) in [5.41, 5.74) is -0.789. The van der Waals surface area contributed by atoms with Crippen molar-refractivity contribution in [2.75, 3.05) is 20.2 Å². The Morgan fingerprint density at radius 3 is 2.37 bits per heavy atom. The van der Waals surface area contributed by atoms with Crippen LogP contribution in [0.1, 0.15) is 52.4 Å². The van der Waals surface area contributed by atoms with E-state index in [0.29, 0.717) is 26.0 Å². The first-order chi connectivity index (χ1) is 9.02. The third kappa shape index (κ3) is 4.50. The van der Waals surface area contributed by atoms with Crippen molar-refractivity contribution in [3.8, 4) is 6.07 Å². The number of carbonyl (C=O) groups is 1. The number of rotatable bonds is 5. The Bertz CT molecular complexity index is 326. The molecule has 0 heterocycles. The fraction of sp³-hybridized carbons (Fsp3) is 0.867. The Balaban J connectivity index is 2.59. The van der Waals surface area contributed by atoms with Crippen LogP contribution in [-0.4, -0.2) is 37.1 Å². The molecule has 4 nitrogen and oxygen atoms in total. The zero-order valence-electron chi connectivity index (χ0n) is 12.4. The van der Waals surface area contributed by atoms with E-state index < -0.39 is 5.41 Å². The second kappa shape index (κ2) is 7.49. The molecule has 1 fully saturated rings. The Kier molecular flexibility index (Phi) is 6.30. The molecule has 0 atom stereocenters. The highest BCUT2D eigenvalue weighted by Crippen LogP contribution is 2.35. The highest BCUT2D eigenvalue weighted by Gasteiger charge is 2.40. The van der Waals surface area contributed by atoms with Gasteiger partial charge in [0.2, 0.25) is 5.91 Å². The minimum absolute atomic E-state index is 0.0238. The summed E-state index contributed by atoms with van der Waals surface area (Å²) in [6.07, 6.45) is 5.82. The predicted octanol–water partition coefficient (Wildman–Crippen LogP) is 2.73. The van der Waals surface area contributed by atoms with E-state index in [0.717, 1.165) is 25.7 Å². The monoisotopic (exact) mass is 266 g/mol. The molecule has 1 amide bonds. The van der Waals surface area contributed by atoms with Gasteiger partial charge in [0, 0.05) is 13.6 Å². The molecule has 0 aromatic heterocycles. The van der Waals surface area contributed by atoms with Gasteiger partial charge in [0.05, 0.1) is 18.8 Å². The van der Waals surface area contributed by atoms with E-state index in [4.69, 9.17) is 4.74 Å². The second-order valence-corrected chi connectivity index (χ2v) is 5.75. The van der Waals surface area contributed by atoms with Gasteiger partial charge in [-0.15, -0.1) is 0 Å². The van der Waals surface area contributed by atoms with Gasteiger partial charge in [0.25, 0.3) is 0 Å². The molecule has 0 aromatic carbocycles. The Morgan fingerprint density at radius 1 is 1.32 bits per heavy atom. The number of amides is 1. The molecule has 0 saturated heterocycles. The summed E-state index contributed by atoms with van der Waals surface area (Å²) in [4.78, 5) is 14.2. The lowest BCUT2D eigenvalue weighted by molar-refractivity contribution is -0.139. The number of ether oxygens (including phenoxy) is 1. The van der Waals surface area contributed by atoms with E-state index >= 15 is 0 Å². The molecular formula is C15H26N2O2. The van der Waals surface area contributed by atoms with Crippen molar-refractivity contribution in [2.45, 2.75) is 58.5 Å². The fourth-order valence-electron chi connectivity index (χ4n) is 2.60. The molecule has 0 N–H and O–H groups in total. The third-order valence-electron chi connectivity index (χ3n) is 3.81. The molecular weight excluding hydrogens is 240 g/mol. The first-order valence-electron chi connectivity index (χ1n) is 7.30. The fourth-order valence-corrected chi connectivity index (χ4v) is 2.60. The van der Waals surface area contributed by atoms with Crippen LogP contribution in [0.2, 0.25) is 0 Å². The van der Waals surface area contributed by atoms with Crippen molar-refractivity contribution in [3.05, 3.63) is 0 Å². The number of hydrogen-bond donors (Lipinski definition) is 0. The molecule has 108 valence electrons. The van der Waals surface area contributed by atoms with Gasteiger partial charge >= 0.3 is 0 Å². The average molecular weight is 266 g/mol. The van der Waals surface area contributed by atoms with Crippen molar-refractivity contribution in [1.29, 1.82) is 5.26 Å². The van der Waals surface area contributed by atoms with Gasteiger partial charge in [-0.2, -0.15) is 5.26 Å². The third-order valence-corrected chi connectivity index (χ3v) is 3.81. The smallest absolute Gasteiger partial charge is 0.242 e. The van der Waals surface area contributed by atoms with E-state index in [1.54, 1.807) is 11.9 Å². The molecule has 19 heavy (non-hydrogen) atoms. The summed E-state index contributed by atoms with van der Waals surface area (Å²) >= 11 is 0. The maximum Gasteiger partial charge on any atom is 0.242 e. The van der Waals surface area contributed by atoms with Crippen molar-refractivity contribution in [1.82, 2.24) is 4.90 Å². The van der Waals surface area contributed by atoms with Gasteiger partial charge in [-0.1, -0.05) is 25.7 Å². The van der Waals surface area contributed by atoms with Gasteiger partial charge in [-0.25, -0.2) is 0 Å². The van der Waals surface area contributed by atoms with Crippen LogP contribution in [0.5, 0.6) is 0 Å². The number of nitrogens with zero attached hydrogens (tertiary/aromatic N) is 2. The highest BCUT2D eigenvalue weighted by atomic mass is 16.5. The topological polar surface area (TPSA) is 53.3 Å². The maximum atomic E-state index is 12.5. The normalized spacial score (nSPS) is 18.7. The van der Waals surface area contributed by atoms with Crippen LogP contribution in [0.4, 0.5) is 0 Å². The summed E-state index contributed by atoms with van der Waals surface area (Å²) in [5, 5.41) is 9.47. The average Bonchev–Trinajstić information content (AvgIpc) is 2.63. The van der Waals surface area contributed by atoms with Crippen LogP contribution < -0.4 is 0 Å². The second-order valence-electron chi connectivity index (χ2n) is 5.75. The molecule has 1 saturated carbocycles. The summed E-state index contributed by atoms with van der Waals surface area (Å²) in [5.74, 6) is -0.0238. The standard InChI is InChI=1S/C15H26N2O2/c1-13(2)19-11-10-17(3)14(18)15(12-16)8-6-4-5-7-9-15/h13H,4-11H2,1-3H3. The van der Waals surface area contributed by atoms with E-state index in [1.165, 1.54) is 0 Å². The predicted molar refractivity (Wildman–Crippen MR) is 74.5 cm³/mol. The molecule has 0 bridgehead atoms. The summed E-state index contributed by atoms with van der Waals surface area (Å²) in [6.45, 7) is 5.04. The Hall–Kier alpha value is -1.08. The quantitative estimate of drug-likeness (QED) is 0.719. The Morgan fingerprint density at radius 2 is 1.89 bits per heavy atom. The molecule has 0 aromatic rings. The van der Waals surface area contributed by atoms with E-state index in [1.807, 2.05) is 13.8 Å². The molecule has 0 aliphatic heterocycles. The summed E-state index contributed by atoms with van der Waals surface area (Å²) in [6, 6.07) is 2.31. The lowest BCUT2D eigenvalue weighted by Crippen LogP contribution is -2.42. The van der Waals surface area contributed by atoms with Crippen molar-refractivity contribution in [2.24, 2.45) is 5.41 Å². The van der Waals surface area contributed by atoms with Crippen LogP contribution >= 0.6 is 0 Å². The molecule has 1 aliphatic carbocycles. The summed E-state index contributed by atoms with van der Waals surface area (Å²) < 4.78 is 5.46. The first-order valence-corrected chi connectivity index (χ1v) is 7.30. The van der Waals surface area contributed by atoms with Crippen LogP contribution in [0.25, 0.3) is 0 Å². The van der Waals surface area contributed by atoms with Gasteiger partial charge in [0.1, 0.15) is 5.41 Å². The number of hydrogen-bond acceptors (Lipinski definition) is 3. The van der Waals surface area contributed by atoms with E-state index in [2.05, 4.69) is 6.07 Å².